The smallest absolute Gasteiger partial charge is 0.230 e. The van der Waals surface area contributed by atoms with Crippen molar-refractivity contribution >= 4 is 38.3 Å². The zero-order chi connectivity index (χ0) is 13.8. The van der Waals surface area contributed by atoms with Crippen LogP contribution in [-0.4, -0.2) is 10.9 Å². The number of amides is 1. The molecule has 0 unspecified atom stereocenters. The molecule has 0 bridgehead atoms. The summed E-state index contributed by atoms with van der Waals surface area (Å²) in [6, 6.07) is 7.74. The molecule has 2 aromatic rings. The SMILES string of the molecule is CC(C)c1csc(NC(=O)Cc2ccc(Br)cc2)n1. The van der Waals surface area contributed by atoms with Crippen LogP contribution in [0.25, 0.3) is 0 Å². The highest BCUT2D eigenvalue weighted by Gasteiger charge is 2.09. The van der Waals surface area contributed by atoms with Crippen molar-refractivity contribution in [3.8, 4) is 0 Å². The van der Waals surface area contributed by atoms with Gasteiger partial charge < -0.3 is 5.32 Å². The highest BCUT2D eigenvalue weighted by atomic mass is 79.9. The van der Waals surface area contributed by atoms with Crippen LogP contribution in [0.5, 0.6) is 0 Å². The molecule has 3 nitrogen and oxygen atoms in total. The average molecular weight is 339 g/mol. The molecule has 0 atom stereocenters. The number of carbonyl (C=O) groups is 1. The van der Waals surface area contributed by atoms with Crippen molar-refractivity contribution in [2.24, 2.45) is 0 Å². The van der Waals surface area contributed by atoms with Gasteiger partial charge in [-0.15, -0.1) is 11.3 Å². The van der Waals surface area contributed by atoms with Crippen LogP contribution in [0.4, 0.5) is 5.13 Å². The van der Waals surface area contributed by atoms with Crippen LogP contribution < -0.4 is 5.32 Å². The Morgan fingerprint density at radius 1 is 1.37 bits per heavy atom. The van der Waals surface area contributed by atoms with Crippen molar-refractivity contribution in [2.75, 3.05) is 5.32 Å². The van der Waals surface area contributed by atoms with E-state index in [9.17, 15) is 4.79 Å². The minimum absolute atomic E-state index is 0.0352. The normalized spacial score (nSPS) is 10.7. The second-order valence-electron chi connectivity index (χ2n) is 4.58. The van der Waals surface area contributed by atoms with E-state index < -0.39 is 0 Å². The third-order valence-corrected chi connectivity index (χ3v) is 3.94. The Bertz CT molecular complexity index is 563. The first-order valence-electron chi connectivity index (χ1n) is 6.04. The van der Waals surface area contributed by atoms with E-state index >= 15 is 0 Å². The molecule has 0 radical (unpaired) electrons. The minimum atomic E-state index is -0.0352. The van der Waals surface area contributed by atoms with Crippen LogP contribution in [0, 0.1) is 0 Å². The second-order valence-corrected chi connectivity index (χ2v) is 6.36. The molecular weight excluding hydrogens is 324 g/mol. The zero-order valence-corrected chi connectivity index (χ0v) is 13.2. The lowest BCUT2D eigenvalue weighted by atomic mass is 10.1. The van der Waals surface area contributed by atoms with Gasteiger partial charge in [-0.2, -0.15) is 0 Å². The Hall–Kier alpha value is -1.20. The molecule has 2 rings (SSSR count). The number of thiazole rings is 1. The largest absolute Gasteiger partial charge is 0.302 e. The number of rotatable bonds is 4. The van der Waals surface area contributed by atoms with Crippen LogP contribution in [0.2, 0.25) is 0 Å². The van der Waals surface area contributed by atoms with E-state index in [2.05, 4.69) is 40.1 Å². The van der Waals surface area contributed by atoms with E-state index in [0.29, 0.717) is 17.5 Å². The number of carbonyl (C=O) groups excluding carboxylic acids is 1. The molecule has 19 heavy (non-hydrogen) atoms. The van der Waals surface area contributed by atoms with E-state index in [-0.39, 0.29) is 5.91 Å². The van der Waals surface area contributed by atoms with Crippen molar-refractivity contribution in [1.29, 1.82) is 0 Å². The van der Waals surface area contributed by atoms with Gasteiger partial charge in [0.25, 0.3) is 0 Å². The number of halogens is 1. The monoisotopic (exact) mass is 338 g/mol. The molecule has 1 aromatic carbocycles. The Kier molecular flexibility index (Phi) is 4.71. The molecule has 0 fully saturated rings. The maximum Gasteiger partial charge on any atom is 0.230 e. The van der Waals surface area contributed by atoms with Crippen molar-refractivity contribution in [3.05, 3.63) is 45.4 Å². The summed E-state index contributed by atoms with van der Waals surface area (Å²) in [4.78, 5) is 16.3. The molecule has 1 heterocycles. The zero-order valence-electron chi connectivity index (χ0n) is 10.8. The summed E-state index contributed by atoms with van der Waals surface area (Å²) in [5.41, 5.74) is 2.00. The fourth-order valence-electron chi connectivity index (χ4n) is 1.56. The third kappa shape index (κ3) is 4.14. The van der Waals surface area contributed by atoms with Gasteiger partial charge in [-0.3, -0.25) is 4.79 Å². The van der Waals surface area contributed by atoms with E-state index in [4.69, 9.17) is 0 Å². The Morgan fingerprint density at radius 3 is 2.63 bits per heavy atom. The van der Waals surface area contributed by atoms with Crippen molar-refractivity contribution < 1.29 is 4.79 Å². The van der Waals surface area contributed by atoms with Crippen LogP contribution in [0.3, 0.4) is 0 Å². The maximum atomic E-state index is 11.9. The molecule has 1 N–H and O–H groups in total. The van der Waals surface area contributed by atoms with Gasteiger partial charge in [-0.05, 0) is 23.6 Å². The van der Waals surface area contributed by atoms with E-state index in [1.165, 1.54) is 11.3 Å². The fourth-order valence-corrected chi connectivity index (χ4v) is 2.71. The van der Waals surface area contributed by atoms with Gasteiger partial charge in [0.05, 0.1) is 12.1 Å². The lowest BCUT2D eigenvalue weighted by Gasteiger charge is -2.02. The number of benzene rings is 1. The van der Waals surface area contributed by atoms with Gasteiger partial charge in [0.15, 0.2) is 5.13 Å². The molecule has 0 saturated heterocycles. The standard InChI is InChI=1S/C14H15BrN2OS/c1-9(2)12-8-19-14(16-12)17-13(18)7-10-3-5-11(15)6-4-10/h3-6,8-9H,7H2,1-2H3,(H,16,17,18). The summed E-state index contributed by atoms with van der Waals surface area (Å²) in [6.07, 6.45) is 0.365. The predicted molar refractivity (Wildman–Crippen MR) is 82.7 cm³/mol. The van der Waals surface area contributed by atoms with Gasteiger partial charge in [0, 0.05) is 9.85 Å². The second kappa shape index (κ2) is 6.30. The highest BCUT2D eigenvalue weighted by Crippen LogP contribution is 2.21. The van der Waals surface area contributed by atoms with Crippen molar-refractivity contribution in [2.45, 2.75) is 26.2 Å². The molecule has 100 valence electrons. The fraction of sp³-hybridized carbons (Fsp3) is 0.286. The Labute approximate surface area is 125 Å². The van der Waals surface area contributed by atoms with E-state index in [0.717, 1.165) is 15.7 Å². The van der Waals surface area contributed by atoms with E-state index in [1.54, 1.807) is 0 Å². The summed E-state index contributed by atoms with van der Waals surface area (Å²) < 4.78 is 1.01. The molecule has 0 saturated carbocycles. The van der Waals surface area contributed by atoms with Crippen LogP contribution in [0.1, 0.15) is 31.0 Å². The number of nitrogens with zero attached hydrogens (tertiary/aromatic N) is 1. The summed E-state index contributed by atoms with van der Waals surface area (Å²) in [5.74, 6) is 0.348. The minimum Gasteiger partial charge on any atom is -0.302 e. The van der Waals surface area contributed by atoms with Crippen molar-refractivity contribution in [3.63, 3.8) is 0 Å². The molecular formula is C14H15BrN2OS. The predicted octanol–water partition coefficient (Wildman–Crippen LogP) is 4.21. The lowest BCUT2D eigenvalue weighted by Crippen LogP contribution is -2.14. The number of hydrogen-bond acceptors (Lipinski definition) is 3. The molecule has 5 heteroatoms. The van der Waals surface area contributed by atoms with Crippen LogP contribution >= 0.6 is 27.3 Å². The van der Waals surface area contributed by atoms with Gasteiger partial charge >= 0.3 is 0 Å². The van der Waals surface area contributed by atoms with Crippen LogP contribution in [-0.2, 0) is 11.2 Å². The summed E-state index contributed by atoms with van der Waals surface area (Å²) in [7, 11) is 0. The average Bonchev–Trinajstić information content (AvgIpc) is 2.80. The van der Waals surface area contributed by atoms with Gasteiger partial charge in [-0.25, -0.2) is 4.98 Å². The molecule has 0 spiro atoms. The highest BCUT2D eigenvalue weighted by molar-refractivity contribution is 9.10. The summed E-state index contributed by atoms with van der Waals surface area (Å²) >= 11 is 4.84. The van der Waals surface area contributed by atoms with Crippen LogP contribution in [0.15, 0.2) is 34.1 Å². The topological polar surface area (TPSA) is 42.0 Å². The Balaban J connectivity index is 1.95. The number of anilines is 1. The first kappa shape index (κ1) is 14.2. The van der Waals surface area contributed by atoms with Gasteiger partial charge in [-0.1, -0.05) is 41.9 Å². The Morgan fingerprint density at radius 2 is 2.05 bits per heavy atom. The molecule has 0 aliphatic carbocycles. The van der Waals surface area contributed by atoms with E-state index in [1.807, 2.05) is 29.6 Å². The molecule has 1 amide bonds. The first-order valence-corrected chi connectivity index (χ1v) is 7.71. The third-order valence-electron chi connectivity index (χ3n) is 2.64. The molecule has 0 aliphatic heterocycles. The summed E-state index contributed by atoms with van der Waals surface area (Å²) in [6.45, 7) is 4.17. The van der Waals surface area contributed by atoms with Gasteiger partial charge in [0.1, 0.15) is 0 Å². The number of aromatic nitrogens is 1. The lowest BCUT2D eigenvalue weighted by molar-refractivity contribution is -0.115. The number of nitrogens with one attached hydrogen (secondary N) is 1. The maximum absolute atomic E-state index is 11.9. The quantitative estimate of drug-likeness (QED) is 0.907. The molecule has 0 aliphatic rings. The van der Waals surface area contributed by atoms with Crippen molar-refractivity contribution in [1.82, 2.24) is 4.98 Å². The first-order chi connectivity index (χ1) is 9.04. The number of hydrogen-bond donors (Lipinski definition) is 1. The molecule has 1 aromatic heterocycles. The van der Waals surface area contributed by atoms with Gasteiger partial charge in [0.2, 0.25) is 5.91 Å². The summed E-state index contributed by atoms with van der Waals surface area (Å²) in [5, 5.41) is 5.50.